The number of pyridine rings is 1. The maximum Gasteiger partial charge on any atom is 0.149 e. The first-order chi connectivity index (χ1) is 33.1. The van der Waals surface area contributed by atoms with Crippen LogP contribution < -0.4 is 0 Å². The van der Waals surface area contributed by atoms with E-state index in [0.717, 1.165) is 16.7 Å². The van der Waals surface area contributed by atoms with Gasteiger partial charge in [0.25, 0.3) is 0 Å². The summed E-state index contributed by atoms with van der Waals surface area (Å²) in [7, 11) is 0. The number of hydrogen-bond acceptors (Lipinski definition) is 3. The number of phenolic OH excluding ortho intramolecular Hbond substituents is 1. The van der Waals surface area contributed by atoms with Crippen LogP contribution in [0.15, 0.2) is 139 Å². The first-order valence-corrected chi connectivity index (χ1v) is 19.5. The Hall–Kier alpha value is -6.26. The second kappa shape index (κ2) is 15.2. The summed E-state index contributed by atoms with van der Waals surface area (Å²) < 4.78 is 114. The quantitative estimate of drug-likeness (QED) is 0.167. The SMILES string of the molecule is [2H]c1nc(-c2cc(-c3cccc4c3nc(-c3cc(C(C)C)cc(C(C)C)c3O)n4-c3ccc(-c4ccccc4)cc3C([2H])([2H])[2H])cc(C(C)(C)C)c2)c([2H])c(-c2c([2H])c([2H])c(C([2H])([2H])[2H])c([2H])c2[2H])c1[2H]. The van der Waals surface area contributed by atoms with Gasteiger partial charge in [-0.25, -0.2) is 4.98 Å². The molecule has 8 aromatic rings. The summed E-state index contributed by atoms with van der Waals surface area (Å²) in [6, 6.07) is 25.5. The van der Waals surface area contributed by atoms with Crippen LogP contribution in [0, 0.1) is 13.7 Å². The molecule has 0 bridgehead atoms. The fourth-order valence-electron chi connectivity index (χ4n) is 7.29. The number of hydrogen-bond donors (Lipinski definition) is 1. The minimum Gasteiger partial charge on any atom is -0.507 e. The summed E-state index contributed by atoms with van der Waals surface area (Å²) in [5, 5.41) is 12.2. The van der Waals surface area contributed by atoms with Crippen molar-refractivity contribution in [2.24, 2.45) is 0 Å². The Morgan fingerprint density at radius 2 is 1.45 bits per heavy atom. The lowest BCUT2D eigenvalue weighted by Crippen LogP contribution is -2.11. The molecule has 4 heteroatoms. The molecule has 290 valence electrons. The molecule has 0 atom stereocenters. The van der Waals surface area contributed by atoms with Gasteiger partial charge < -0.3 is 5.11 Å². The van der Waals surface area contributed by atoms with Crippen LogP contribution in [0.3, 0.4) is 0 Å². The van der Waals surface area contributed by atoms with Crippen LogP contribution in [-0.2, 0) is 5.41 Å². The smallest absolute Gasteiger partial charge is 0.149 e. The van der Waals surface area contributed by atoms with Crippen LogP contribution in [0.4, 0.5) is 0 Å². The Kier molecular flexibility index (Phi) is 6.80. The van der Waals surface area contributed by atoms with Gasteiger partial charge >= 0.3 is 0 Å². The number of aryl methyl sites for hydroxylation is 1. The lowest BCUT2D eigenvalue weighted by atomic mass is 9.83. The molecule has 8 rings (SSSR count). The van der Waals surface area contributed by atoms with Gasteiger partial charge in [-0.1, -0.05) is 139 Å². The molecule has 0 fully saturated rings. The fraction of sp³-hybridized carbons (Fsp3) is 0.222. The van der Waals surface area contributed by atoms with Crippen molar-refractivity contribution < 1.29 is 22.9 Å². The third-order valence-electron chi connectivity index (χ3n) is 10.6. The van der Waals surface area contributed by atoms with E-state index >= 15 is 0 Å². The summed E-state index contributed by atoms with van der Waals surface area (Å²) >= 11 is 0. The Labute approximate surface area is 362 Å². The molecule has 0 aliphatic heterocycles. The van der Waals surface area contributed by atoms with Crippen molar-refractivity contribution in [1.29, 1.82) is 0 Å². The maximum atomic E-state index is 12.2. The fourth-order valence-corrected chi connectivity index (χ4v) is 7.29. The van der Waals surface area contributed by atoms with Crippen molar-refractivity contribution in [2.45, 2.75) is 79.4 Å². The van der Waals surface area contributed by atoms with Gasteiger partial charge in [-0.05, 0) is 130 Å². The van der Waals surface area contributed by atoms with Crippen LogP contribution in [0.5, 0.6) is 5.75 Å². The Morgan fingerprint density at radius 3 is 2.16 bits per heavy atom. The predicted molar refractivity (Wildman–Crippen MR) is 244 cm³/mol. The minimum absolute atomic E-state index is 0.0135. The number of aromatic hydroxyl groups is 1. The average Bonchev–Trinajstić information content (AvgIpc) is 3.69. The van der Waals surface area contributed by atoms with E-state index in [1.807, 2.05) is 107 Å². The standard InChI is InChI=1S/C54H53N3O/c1-33(2)41-30-46(34(3)4)52(58)47(31-41)53-56-51-45(16-13-17-50(51)57(53)49-23-22-39(26-36(49)6)37-14-11-10-12-15-37)42-27-43(29-44(28-42)54(7,8)9)48-32-40(24-25-55-48)38-20-18-35(5)19-21-38/h10-34,58H,1-9H3/i5D3,6D3,18D,19D,20D,21D,24D,25D,32D. The summed E-state index contributed by atoms with van der Waals surface area (Å²) in [4.78, 5) is 9.76. The molecule has 4 nitrogen and oxygen atoms in total. The molecule has 58 heavy (non-hydrogen) atoms. The number of para-hydroxylation sites is 1. The third kappa shape index (κ3) is 7.36. The zero-order chi connectivity index (χ0) is 52.0. The van der Waals surface area contributed by atoms with E-state index in [1.54, 1.807) is 28.8 Å². The molecule has 0 saturated heterocycles. The molecule has 2 aromatic heterocycles. The van der Waals surface area contributed by atoms with Crippen molar-refractivity contribution >= 4 is 11.0 Å². The molecule has 6 aromatic carbocycles. The highest BCUT2D eigenvalue weighted by Gasteiger charge is 2.25. The highest BCUT2D eigenvalue weighted by molar-refractivity contribution is 5.97. The summed E-state index contributed by atoms with van der Waals surface area (Å²) in [5.41, 5.74) is 4.91. The normalized spacial score (nSPS) is 15.6. The number of nitrogens with zero attached hydrogens (tertiary/aromatic N) is 3. The number of aromatic nitrogens is 3. The van der Waals surface area contributed by atoms with E-state index in [2.05, 4.69) is 18.8 Å². The second-order valence-electron chi connectivity index (χ2n) is 16.4. The number of fused-ring (bicyclic) bond motifs is 1. The molecular weight excluding hydrogens is 707 g/mol. The maximum absolute atomic E-state index is 12.2. The van der Waals surface area contributed by atoms with Gasteiger partial charge in [0.15, 0.2) is 0 Å². The topological polar surface area (TPSA) is 50.9 Å². The van der Waals surface area contributed by atoms with Crippen molar-refractivity contribution in [1.82, 2.24) is 14.5 Å². The van der Waals surface area contributed by atoms with Crippen LogP contribution >= 0.6 is 0 Å². The van der Waals surface area contributed by atoms with E-state index in [1.165, 1.54) is 0 Å². The molecule has 0 amide bonds. The summed E-state index contributed by atoms with van der Waals surface area (Å²) in [6.45, 7) is 8.51. The first-order valence-electron chi connectivity index (χ1n) is 26.0. The zero-order valence-electron chi connectivity index (χ0n) is 46.7. The molecule has 0 spiro atoms. The predicted octanol–water partition coefficient (Wildman–Crippen LogP) is 14.6. The van der Waals surface area contributed by atoms with Crippen molar-refractivity contribution in [3.8, 4) is 67.5 Å². The molecule has 0 radical (unpaired) electrons. The van der Waals surface area contributed by atoms with Gasteiger partial charge in [0.2, 0.25) is 0 Å². The van der Waals surface area contributed by atoms with E-state index < -0.39 is 78.2 Å². The van der Waals surface area contributed by atoms with Crippen molar-refractivity contribution in [2.75, 3.05) is 0 Å². The lowest BCUT2D eigenvalue weighted by Gasteiger charge is -2.22. The van der Waals surface area contributed by atoms with E-state index in [0.29, 0.717) is 55.9 Å². The Bertz CT molecular complexity index is 3390. The Morgan fingerprint density at radius 1 is 0.672 bits per heavy atom. The van der Waals surface area contributed by atoms with Crippen molar-refractivity contribution in [3.63, 3.8) is 0 Å². The Balaban J connectivity index is 1.45. The van der Waals surface area contributed by atoms with Gasteiger partial charge in [-0.2, -0.15) is 0 Å². The molecule has 0 unspecified atom stereocenters. The lowest BCUT2D eigenvalue weighted by molar-refractivity contribution is 0.466. The van der Waals surface area contributed by atoms with E-state index in [9.17, 15) is 6.48 Å². The third-order valence-corrected chi connectivity index (χ3v) is 10.6. The molecule has 2 heterocycles. The van der Waals surface area contributed by atoms with Crippen LogP contribution in [0.2, 0.25) is 0 Å². The molecular formula is C54H53N3O. The zero-order valence-corrected chi connectivity index (χ0v) is 33.7. The van der Waals surface area contributed by atoms with Crippen molar-refractivity contribution in [3.05, 3.63) is 167 Å². The van der Waals surface area contributed by atoms with Gasteiger partial charge in [0.1, 0.15) is 11.6 Å². The van der Waals surface area contributed by atoms with Gasteiger partial charge in [-0.3, -0.25) is 9.55 Å². The van der Waals surface area contributed by atoms with Gasteiger partial charge in [0.05, 0.1) is 37.6 Å². The largest absolute Gasteiger partial charge is 0.507 e. The highest BCUT2D eigenvalue weighted by Crippen LogP contribution is 2.44. The van der Waals surface area contributed by atoms with Crippen LogP contribution in [0.1, 0.15) is 106 Å². The van der Waals surface area contributed by atoms with Gasteiger partial charge in [-0.15, -0.1) is 0 Å². The van der Waals surface area contributed by atoms with E-state index in [-0.39, 0.29) is 28.8 Å². The number of rotatable bonds is 8. The van der Waals surface area contributed by atoms with Crippen LogP contribution in [0.25, 0.3) is 72.7 Å². The molecule has 0 aliphatic rings. The number of phenols is 1. The molecule has 0 aliphatic carbocycles. The first kappa shape index (κ1) is 25.9. The number of benzene rings is 6. The minimum atomic E-state index is -2.99. The monoisotopic (exact) mass is 773 g/mol. The molecule has 0 saturated carbocycles. The molecule has 1 N–H and O–H groups in total. The van der Waals surface area contributed by atoms with E-state index in [4.69, 9.17) is 21.4 Å². The van der Waals surface area contributed by atoms with Gasteiger partial charge in [0, 0.05) is 25.5 Å². The average molecular weight is 773 g/mol. The summed E-state index contributed by atoms with van der Waals surface area (Å²) in [6.07, 6.45) is -0.608. The second-order valence-corrected chi connectivity index (χ2v) is 16.4. The highest BCUT2D eigenvalue weighted by atomic mass is 16.3. The number of imidazole rings is 1. The summed E-state index contributed by atoms with van der Waals surface area (Å²) in [5.74, 6) is 0.292. The van der Waals surface area contributed by atoms with Crippen LogP contribution in [-0.4, -0.2) is 19.6 Å².